The van der Waals surface area contributed by atoms with Gasteiger partial charge in [0, 0.05) is 11.6 Å². The van der Waals surface area contributed by atoms with Gasteiger partial charge in [-0.25, -0.2) is 5.84 Å². The average molecular weight is 384 g/mol. The predicted octanol–water partition coefficient (Wildman–Crippen LogP) is 2.26. The molecule has 5 N–H and O–H groups in total. The summed E-state index contributed by atoms with van der Waals surface area (Å²) >= 11 is 0. The molecule has 0 aliphatic heterocycles. The number of amides is 1. The monoisotopic (exact) mass is 384 g/mol. The van der Waals surface area contributed by atoms with Gasteiger partial charge in [0.25, 0.3) is 5.91 Å². The number of aromatic nitrogens is 2. The lowest BCUT2D eigenvalue weighted by atomic mass is 10.1. The number of nitrogens with two attached hydrogens (primary N) is 1. The second-order valence-corrected chi connectivity index (χ2v) is 5.81. The van der Waals surface area contributed by atoms with Gasteiger partial charge in [-0.05, 0) is 31.2 Å². The molecule has 0 aliphatic rings. The number of aryl methyl sites for hydroxylation is 1. The molecule has 0 aliphatic carbocycles. The van der Waals surface area contributed by atoms with Gasteiger partial charge in [0.05, 0.1) is 12.8 Å². The first kappa shape index (κ1) is 19.1. The van der Waals surface area contributed by atoms with Crippen molar-refractivity contribution in [2.75, 3.05) is 13.7 Å². The van der Waals surface area contributed by atoms with Crippen LogP contribution in [0.3, 0.4) is 0 Å². The highest BCUT2D eigenvalue weighted by Gasteiger charge is 2.19. The molecular weight excluding hydrogens is 364 g/mol. The lowest BCUT2D eigenvalue weighted by Gasteiger charge is -2.12. The zero-order chi connectivity index (χ0) is 20.1. The van der Waals surface area contributed by atoms with Crippen molar-refractivity contribution in [3.05, 3.63) is 48.2 Å². The maximum absolute atomic E-state index is 11.2. The highest BCUT2D eigenvalue weighted by Crippen LogP contribution is 2.41. The number of methoxy groups -OCH3 is 1. The Morgan fingerprint density at radius 2 is 2.00 bits per heavy atom. The number of carbonyl (C=O) groups excluding carboxylic acids is 1. The molecule has 0 atom stereocenters. The molecule has 1 amide bonds. The Morgan fingerprint density at radius 1 is 1.25 bits per heavy atom. The number of benzene rings is 2. The van der Waals surface area contributed by atoms with E-state index in [1.54, 1.807) is 38.3 Å². The number of carbonyl (C=O) groups is 1. The third-order valence-electron chi connectivity index (χ3n) is 3.93. The minimum Gasteiger partial charge on any atom is -0.507 e. The third kappa shape index (κ3) is 3.99. The van der Waals surface area contributed by atoms with E-state index in [2.05, 4.69) is 10.2 Å². The van der Waals surface area contributed by atoms with Crippen molar-refractivity contribution < 1.29 is 24.1 Å². The normalized spacial score (nSPS) is 10.4. The number of aromatic hydroxyl groups is 1. The van der Waals surface area contributed by atoms with Crippen molar-refractivity contribution in [3.63, 3.8) is 0 Å². The first-order valence-corrected chi connectivity index (χ1v) is 8.35. The van der Waals surface area contributed by atoms with Crippen LogP contribution in [0.5, 0.6) is 28.7 Å². The number of para-hydroxylation sites is 2. The molecule has 2 aromatic carbocycles. The number of hydrogen-bond acceptors (Lipinski definition) is 7. The number of aromatic amines is 1. The minimum absolute atomic E-state index is 0.0815. The molecule has 0 unspecified atom stereocenters. The van der Waals surface area contributed by atoms with Crippen molar-refractivity contribution in [3.8, 4) is 40.0 Å². The summed E-state index contributed by atoms with van der Waals surface area (Å²) in [5.74, 6) is 6.29. The van der Waals surface area contributed by atoms with Gasteiger partial charge in [0.1, 0.15) is 17.2 Å². The van der Waals surface area contributed by atoms with Crippen LogP contribution >= 0.6 is 0 Å². The number of phenols is 1. The molecule has 0 saturated carbocycles. The summed E-state index contributed by atoms with van der Waals surface area (Å²) in [6.07, 6.45) is 0. The van der Waals surface area contributed by atoms with E-state index < -0.39 is 5.91 Å². The summed E-state index contributed by atoms with van der Waals surface area (Å²) in [5, 5.41) is 17.5. The lowest BCUT2D eigenvalue weighted by molar-refractivity contribution is -0.123. The number of H-pyrrole nitrogens is 1. The van der Waals surface area contributed by atoms with Crippen molar-refractivity contribution >= 4 is 5.91 Å². The number of phenolic OH excluding ortho intramolecular Hbond substituents is 1. The average Bonchev–Trinajstić information content (AvgIpc) is 3.06. The van der Waals surface area contributed by atoms with Crippen molar-refractivity contribution in [1.29, 1.82) is 0 Å². The predicted molar refractivity (Wildman–Crippen MR) is 101 cm³/mol. The zero-order valence-electron chi connectivity index (χ0n) is 15.4. The Hall–Kier alpha value is -3.72. The van der Waals surface area contributed by atoms with E-state index >= 15 is 0 Å². The van der Waals surface area contributed by atoms with Crippen molar-refractivity contribution in [2.45, 2.75) is 6.92 Å². The first-order chi connectivity index (χ1) is 13.5. The van der Waals surface area contributed by atoms with E-state index in [9.17, 15) is 9.90 Å². The summed E-state index contributed by atoms with van der Waals surface area (Å²) in [4.78, 5) is 11.2. The van der Waals surface area contributed by atoms with Crippen LogP contribution in [-0.4, -0.2) is 34.9 Å². The molecule has 28 heavy (non-hydrogen) atoms. The van der Waals surface area contributed by atoms with E-state index in [-0.39, 0.29) is 12.4 Å². The molecule has 146 valence electrons. The van der Waals surface area contributed by atoms with E-state index in [1.807, 2.05) is 17.6 Å². The maximum Gasteiger partial charge on any atom is 0.271 e. The molecule has 9 heteroatoms. The van der Waals surface area contributed by atoms with Gasteiger partial charge in [-0.2, -0.15) is 5.10 Å². The van der Waals surface area contributed by atoms with Gasteiger partial charge in [0.2, 0.25) is 0 Å². The maximum atomic E-state index is 11.2. The van der Waals surface area contributed by atoms with E-state index in [1.165, 1.54) is 6.07 Å². The highest BCUT2D eigenvalue weighted by atomic mass is 16.5. The number of hydrogen-bond donors (Lipinski definition) is 4. The van der Waals surface area contributed by atoms with Gasteiger partial charge in [0.15, 0.2) is 23.9 Å². The van der Waals surface area contributed by atoms with Crippen LogP contribution in [0.2, 0.25) is 0 Å². The Balaban J connectivity index is 1.89. The molecule has 0 spiro atoms. The van der Waals surface area contributed by atoms with E-state index in [0.29, 0.717) is 39.9 Å². The molecule has 1 heterocycles. The molecule has 0 radical (unpaired) electrons. The quantitative estimate of drug-likeness (QED) is 0.279. The smallest absolute Gasteiger partial charge is 0.271 e. The fraction of sp³-hybridized carbons (Fsp3) is 0.158. The third-order valence-corrected chi connectivity index (χ3v) is 3.93. The van der Waals surface area contributed by atoms with Crippen LogP contribution in [-0.2, 0) is 4.79 Å². The summed E-state index contributed by atoms with van der Waals surface area (Å²) < 4.78 is 16.6. The number of rotatable bonds is 7. The minimum atomic E-state index is -0.487. The molecule has 3 aromatic rings. The zero-order valence-corrected chi connectivity index (χ0v) is 15.4. The SMILES string of the molecule is COc1ccccc1Oc1c(-c2ccc(OCC(=O)NN)cc2O)n[nH]c1C. The Labute approximate surface area is 161 Å². The first-order valence-electron chi connectivity index (χ1n) is 8.35. The van der Waals surface area contributed by atoms with Gasteiger partial charge in [-0.1, -0.05) is 12.1 Å². The Kier molecular flexibility index (Phi) is 5.66. The number of hydrazine groups is 1. The van der Waals surface area contributed by atoms with Gasteiger partial charge in [-0.15, -0.1) is 0 Å². The van der Waals surface area contributed by atoms with Gasteiger partial charge >= 0.3 is 0 Å². The van der Waals surface area contributed by atoms with Gasteiger partial charge < -0.3 is 19.3 Å². The van der Waals surface area contributed by atoms with E-state index in [0.717, 1.165) is 0 Å². The second-order valence-electron chi connectivity index (χ2n) is 5.81. The van der Waals surface area contributed by atoms with Crippen LogP contribution in [0.25, 0.3) is 11.3 Å². The van der Waals surface area contributed by atoms with Gasteiger partial charge in [-0.3, -0.25) is 15.3 Å². The van der Waals surface area contributed by atoms with Crippen LogP contribution in [0.4, 0.5) is 0 Å². The Morgan fingerprint density at radius 3 is 2.68 bits per heavy atom. The number of nitrogens with one attached hydrogen (secondary N) is 2. The molecule has 0 saturated heterocycles. The number of ether oxygens (including phenoxy) is 3. The summed E-state index contributed by atoms with van der Waals surface area (Å²) in [5.41, 5.74) is 3.50. The topological polar surface area (TPSA) is 132 Å². The standard InChI is InChI=1S/C19H20N4O5/c1-11-19(28-16-6-4-3-5-15(16)26-2)18(23-22-11)13-8-7-12(9-14(13)24)27-10-17(25)21-20/h3-9,24H,10,20H2,1-2H3,(H,21,25)(H,22,23). The highest BCUT2D eigenvalue weighted by molar-refractivity contribution is 5.77. The van der Waals surface area contributed by atoms with Crippen LogP contribution < -0.4 is 25.5 Å². The molecular formula is C19H20N4O5. The Bertz CT molecular complexity index is 986. The van der Waals surface area contributed by atoms with E-state index in [4.69, 9.17) is 20.1 Å². The fourth-order valence-corrected chi connectivity index (χ4v) is 2.53. The summed E-state index contributed by atoms with van der Waals surface area (Å²) in [7, 11) is 1.56. The van der Waals surface area contributed by atoms with Crippen molar-refractivity contribution in [1.82, 2.24) is 15.6 Å². The molecule has 0 bridgehead atoms. The van der Waals surface area contributed by atoms with Crippen LogP contribution in [0.1, 0.15) is 5.69 Å². The largest absolute Gasteiger partial charge is 0.507 e. The van der Waals surface area contributed by atoms with Crippen LogP contribution in [0, 0.1) is 6.92 Å². The molecule has 3 rings (SSSR count). The summed E-state index contributed by atoms with van der Waals surface area (Å²) in [6, 6.07) is 11.8. The van der Waals surface area contributed by atoms with Crippen molar-refractivity contribution in [2.24, 2.45) is 5.84 Å². The second kappa shape index (κ2) is 8.31. The molecule has 0 fully saturated rings. The molecule has 1 aromatic heterocycles. The lowest BCUT2D eigenvalue weighted by Crippen LogP contribution is -2.34. The summed E-state index contributed by atoms with van der Waals surface area (Å²) in [6.45, 7) is 1.54. The fourth-order valence-electron chi connectivity index (χ4n) is 2.53. The van der Waals surface area contributed by atoms with Crippen LogP contribution in [0.15, 0.2) is 42.5 Å². The molecule has 9 nitrogen and oxygen atoms in total. The number of nitrogens with zero attached hydrogens (tertiary/aromatic N) is 1.